The molecule has 0 spiro atoms. The van der Waals surface area contributed by atoms with Crippen molar-refractivity contribution in [3.05, 3.63) is 64.7 Å². The van der Waals surface area contributed by atoms with Crippen LogP contribution in [-0.2, 0) is 0 Å². The van der Waals surface area contributed by atoms with Crippen molar-refractivity contribution in [3.63, 3.8) is 0 Å². The van der Waals surface area contributed by atoms with E-state index in [-0.39, 0.29) is 11.9 Å². The van der Waals surface area contributed by atoms with Gasteiger partial charge in [-0.3, -0.25) is 4.79 Å². The van der Waals surface area contributed by atoms with Gasteiger partial charge in [0.2, 0.25) is 0 Å². The number of nitrogens with one attached hydrogen (secondary N) is 1. The number of anilines is 1. The second kappa shape index (κ2) is 5.76. The molecular formula is C15H15ClN2O. The molecule has 0 saturated heterocycles. The van der Waals surface area contributed by atoms with Crippen molar-refractivity contribution in [2.45, 2.75) is 13.0 Å². The molecule has 3 N–H and O–H groups in total. The van der Waals surface area contributed by atoms with Crippen LogP contribution in [0, 0.1) is 0 Å². The highest BCUT2D eigenvalue weighted by Gasteiger charge is 2.14. The molecule has 19 heavy (non-hydrogen) atoms. The Morgan fingerprint density at radius 3 is 2.53 bits per heavy atom. The molecule has 0 saturated carbocycles. The number of carbonyl (C=O) groups is 1. The van der Waals surface area contributed by atoms with E-state index in [1.165, 1.54) is 0 Å². The zero-order valence-corrected chi connectivity index (χ0v) is 11.3. The van der Waals surface area contributed by atoms with Crippen LogP contribution in [0.1, 0.15) is 28.9 Å². The summed E-state index contributed by atoms with van der Waals surface area (Å²) in [7, 11) is 0. The number of hydrogen-bond donors (Lipinski definition) is 2. The maximum atomic E-state index is 12.2. The van der Waals surface area contributed by atoms with Gasteiger partial charge in [0, 0.05) is 0 Å². The predicted molar refractivity (Wildman–Crippen MR) is 78.2 cm³/mol. The highest BCUT2D eigenvalue weighted by molar-refractivity contribution is 6.33. The molecule has 0 fully saturated rings. The molecule has 0 aliphatic carbocycles. The van der Waals surface area contributed by atoms with E-state index in [0.717, 1.165) is 5.56 Å². The summed E-state index contributed by atoms with van der Waals surface area (Å²) < 4.78 is 0. The molecule has 0 radical (unpaired) electrons. The summed E-state index contributed by atoms with van der Waals surface area (Å²) in [5.41, 5.74) is 7.55. The number of hydrogen-bond acceptors (Lipinski definition) is 2. The number of halogens is 1. The van der Waals surface area contributed by atoms with Crippen LogP contribution >= 0.6 is 11.6 Å². The van der Waals surface area contributed by atoms with E-state index in [4.69, 9.17) is 17.3 Å². The highest BCUT2D eigenvalue weighted by atomic mass is 35.5. The van der Waals surface area contributed by atoms with E-state index in [1.54, 1.807) is 18.2 Å². The van der Waals surface area contributed by atoms with Gasteiger partial charge in [-0.1, -0.05) is 48.0 Å². The smallest absolute Gasteiger partial charge is 0.253 e. The minimum Gasteiger partial charge on any atom is -0.397 e. The van der Waals surface area contributed by atoms with Crippen LogP contribution in [0.15, 0.2) is 48.5 Å². The van der Waals surface area contributed by atoms with Gasteiger partial charge >= 0.3 is 0 Å². The molecule has 2 aromatic rings. The second-order valence-corrected chi connectivity index (χ2v) is 4.71. The summed E-state index contributed by atoms with van der Waals surface area (Å²) in [4.78, 5) is 12.2. The molecule has 3 nitrogen and oxygen atoms in total. The van der Waals surface area contributed by atoms with Crippen molar-refractivity contribution >= 4 is 23.2 Å². The maximum Gasteiger partial charge on any atom is 0.253 e. The van der Waals surface area contributed by atoms with Crippen molar-refractivity contribution in [3.8, 4) is 0 Å². The van der Waals surface area contributed by atoms with E-state index in [0.29, 0.717) is 16.3 Å². The average molecular weight is 275 g/mol. The lowest BCUT2D eigenvalue weighted by Crippen LogP contribution is -2.27. The van der Waals surface area contributed by atoms with Gasteiger partial charge in [0.05, 0.1) is 22.3 Å². The van der Waals surface area contributed by atoms with Crippen molar-refractivity contribution < 1.29 is 4.79 Å². The molecule has 0 bridgehead atoms. The minimum absolute atomic E-state index is 0.0907. The van der Waals surface area contributed by atoms with Crippen molar-refractivity contribution in [1.29, 1.82) is 0 Å². The van der Waals surface area contributed by atoms with Gasteiger partial charge < -0.3 is 11.1 Å². The standard InChI is InChI=1S/C15H15ClN2O/c1-10(11-6-3-2-4-7-11)18-15(19)12-8-5-9-13(16)14(12)17/h2-10H,17H2,1H3,(H,18,19)/t10-/m1/s1. The van der Waals surface area contributed by atoms with Gasteiger partial charge in [0.15, 0.2) is 0 Å². The van der Waals surface area contributed by atoms with Gasteiger partial charge in [-0.25, -0.2) is 0 Å². The van der Waals surface area contributed by atoms with E-state index >= 15 is 0 Å². The van der Waals surface area contributed by atoms with Crippen molar-refractivity contribution in [1.82, 2.24) is 5.32 Å². The number of carbonyl (C=O) groups excluding carboxylic acids is 1. The first-order chi connectivity index (χ1) is 9.09. The lowest BCUT2D eigenvalue weighted by Gasteiger charge is -2.15. The topological polar surface area (TPSA) is 55.1 Å². The van der Waals surface area contributed by atoms with Crippen LogP contribution < -0.4 is 11.1 Å². The van der Waals surface area contributed by atoms with Crippen molar-refractivity contribution in [2.75, 3.05) is 5.73 Å². The fourth-order valence-corrected chi connectivity index (χ4v) is 2.01. The summed E-state index contributed by atoms with van der Waals surface area (Å²) in [6, 6.07) is 14.7. The Bertz CT molecular complexity index is 584. The van der Waals surface area contributed by atoms with Gasteiger partial charge in [-0.15, -0.1) is 0 Å². The third-order valence-corrected chi connectivity index (χ3v) is 3.27. The first-order valence-corrected chi connectivity index (χ1v) is 6.37. The first-order valence-electron chi connectivity index (χ1n) is 5.99. The molecule has 2 aromatic carbocycles. The highest BCUT2D eigenvalue weighted by Crippen LogP contribution is 2.23. The number of nitrogen functional groups attached to an aromatic ring is 1. The Labute approximate surface area is 117 Å². The van der Waals surface area contributed by atoms with E-state index < -0.39 is 0 Å². The van der Waals surface area contributed by atoms with Crippen LogP contribution in [0.2, 0.25) is 5.02 Å². The maximum absolute atomic E-state index is 12.2. The van der Waals surface area contributed by atoms with Gasteiger partial charge in [0.25, 0.3) is 5.91 Å². The Hall–Kier alpha value is -2.00. The fourth-order valence-electron chi connectivity index (χ4n) is 1.83. The lowest BCUT2D eigenvalue weighted by molar-refractivity contribution is 0.0941. The third-order valence-electron chi connectivity index (χ3n) is 2.94. The second-order valence-electron chi connectivity index (χ2n) is 4.31. The number of benzene rings is 2. The third kappa shape index (κ3) is 3.06. The van der Waals surface area contributed by atoms with Gasteiger partial charge in [-0.2, -0.15) is 0 Å². The van der Waals surface area contributed by atoms with Gasteiger partial charge in [-0.05, 0) is 24.6 Å². The number of amides is 1. The van der Waals surface area contributed by atoms with Crippen LogP contribution in [0.25, 0.3) is 0 Å². The Balaban J connectivity index is 2.16. The lowest BCUT2D eigenvalue weighted by atomic mass is 10.1. The minimum atomic E-state index is -0.226. The normalized spacial score (nSPS) is 11.9. The summed E-state index contributed by atoms with van der Waals surface area (Å²) in [6.07, 6.45) is 0. The predicted octanol–water partition coefficient (Wildman–Crippen LogP) is 3.41. The molecule has 0 unspecified atom stereocenters. The molecule has 0 heterocycles. The van der Waals surface area contributed by atoms with Gasteiger partial charge in [0.1, 0.15) is 0 Å². The first kappa shape index (κ1) is 13.4. The van der Waals surface area contributed by atoms with Crippen LogP contribution in [0.5, 0.6) is 0 Å². The number of rotatable bonds is 3. The average Bonchev–Trinajstić information content (AvgIpc) is 2.42. The van der Waals surface area contributed by atoms with Crippen LogP contribution in [0.3, 0.4) is 0 Å². The number of para-hydroxylation sites is 1. The molecule has 98 valence electrons. The molecule has 2 rings (SSSR count). The van der Waals surface area contributed by atoms with E-state index in [1.807, 2.05) is 37.3 Å². The molecular weight excluding hydrogens is 260 g/mol. The van der Waals surface area contributed by atoms with E-state index in [2.05, 4.69) is 5.32 Å². The molecule has 1 atom stereocenters. The summed E-state index contributed by atoms with van der Waals surface area (Å²) in [5, 5.41) is 3.29. The molecule has 0 aliphatic rings. The quantitative estimate of drug-likeness (QED) is 0.843. The molecule has 1 amide bonds. The summed E-state index contributed by atoms with van der Waals surface area (Å²) >= 11 is 5.91. The zero-order valence-electron chi connectivity index (χ0n) is 10.6. The molecule has 0 aliphatic heterocycles. The summed E-state index contributed by atoms with van der Waals surface area (Å²) in [5.74, 6) is -0.226. The largest absolute Gasteiger partial charge is 0.397 e. The van der Waals surface area contributed by atoms with Crippen molar-refractivity contribution in [2.24, 2.45) is 0 Å². The Kier molecular flexibility index (Phi) is 4.07. The van der Waals surface area contributed by atoms with Crippen LogP contribution in [0.4, 0.5) is 5.69 Å². The Morgan fingerprint density at radius 2 is 1.84 bits per heavy atom. The van der Waals surface area contributed by atoms with Crippen LogP contribution in [-0.4, -0.2) is 5.91 Å². The monoisotopic (exact) mass is 274 g/mol. The SMILES string of the molecule is C[C@@H](NC(=O)c1cccc(Cl)c1N)c1ccccc1. The molecule has 4 heteroatoms. The molecule has 0 aromatic heterocycles. The summed E-state index contributed by atoms with van der Waals surface area (Å²) in [6.45, 7) is 1.92. The fraction of sp³-hybridized carbons (Fsp3) is 0.133. The number of nitrogens with two attached hydrogens (primary N) is 1. The Morgan fingerprint density at radius 1 is 1.16 bits per heavy atom. The zero-order chi connectivity index (χ0) is 13.8. The van der Waals surface area contributed by atoms with E-state index in [9.17, 15) is 4.79 Å².